The normalized spacial score (nSPS) is 18.5. The van der Waals surface area contributed by atoms with Crippen molar-refractivity contribution in [1.29, 1.82) is 0 Å². The summed E-state index contributed by atoms with van der Waals surface area (Å²) in [6, 6.07) is 21.2. The fourth-order valence-corrected chi connectivity index (χ4v) is 5.60. The minimum absolute atomic E-state index is 0. The van der Waals surface area contributed by atoms with Crippen LogP contribution in [0.15, 0.2) is 60.7 Å². The van der Waals surface area contributed by atoms with Crippen molar-refractivity contribution >= 4 is 11.6 Å². The minimum Gasteiger partial charge on any atom is -0.454 e. The van der Waals surface area contributed by atoms with Crippen molar-refractivity contribution in [3.63, 3.8) is 0 Å². The average Bonchev–Trinajstić information content (AvgIpc) is 3.56. The van der Waals surface area contributed by atoms with Gasteiger partial charge >= 0.3 is 0 Å². The molecule has 3 aromatic rings. The topological polar surface area (TPSA) is 47.6 Å². The first kappa shape index (κ1) is 21.3. The monoisotopic (exact) mass is 455 g/mol. The number of aryl methyl sites for hydroxylation is 1. The summed E-state index contributed by atoms with van der Waals surface area (Å²) in [5.74, 6) is 2.23. The highest BCUT2D eigenvalue weighted by Gasteiger charge is 2.51. The summed E-state index contributed by atoms with van der Waals surface area (Å²) in [4.78, 5) is 13.4. The molecule has 4 heteroatoms. The highest BCUT2D eigenvalue weighted by molar-refractivity contribution is 6.02. The number of fused-ring (bicyclic) bond motifs is 1. The molecule has 0 spiro atoms. The van der Waals surface area contributed by atoms with Crippen molar-refractivity contribution in [2.75, 3.05) is 12.1 Å². The molecule has 3 aromatic carbocycles. The number of amides is 1. The molecule has 4 nitrogen and oxygen atoms in total. The van der Waals surface area contributed by atoms with Gasteiger partial charge in [0.25, 0.3) is 0 Å². The number of carbonyl (C=O) groups is 1. The Kier molecular flexibility index (Phi) is 5.32. The van der Waals surface area contributed by atoms with E-state index in [1.807, 2.05) is 24.3 Å². The van der Waals surface area contributed by atoms with Crippen molar-refractivity contribution < 1.29 is 15.7 Å². The number of ether oxygens (including phenoxy) is 2. The molecule has 1 amide bonds. The second-order valence-corrected chi connectivity index (χ2v) is 10.1. The van der Waals surface area contributed by atoms with E-state index >= 15 is 0 Å². The van der Waals surface area contributed by atoms with Gasteiger partial charge in [-0.05, 0) is 90.6 Å². The molecule has 2 aliphatic carbocycles. The predicted octanol–water partition coefficient (Wildman–Crippen LogP) is 7.35. The van der Waals surface area contributed by atoms with Gasteiger partial charge in [0, 0.05) is 7.11 Å². The molecule has 0 atom stereocenters. The van der Waals surface area contributed by atoms with Crippen LogP contribution in [0.1, 0.15) is 69.0 Å². The Morgan fingerprint density at radius 1 is 0.912 bits per heavy atom. The fraction of sp³-hybridized carbons (Fsp3) is 0.367. The van der Waals surface area contributed by atoms with Crippen LogP contribution in [0.2, 0.25) is 0 Å². The van der Waals surface area contributed by atoms with E-state index in [0.717, 1.165) is 35.6 Å². The van der Waals surface area contributed by atoms with Gasteiger partial charge in [-0.15, -0.1) is 0 Å². The van der Waals surface area contributed by atoms with Gasteiger partial charge in [-0.25, -0.2) is 0 Å². The van der Waals surface area contributed by atoms with Gasteiger partial charge in [-0.3, -0.25) is 4.79 Å². The number of anilines is 1. The molecule has 1 N–H and O–H groups in total. The lowest BCUT2D eigenvalue weighted by molar-refractivity contribution is -0.118. The molecule has 0 unspecified atom stereocenters. The maximum absolute atomic E-state index is 13.4. The lowest BCUT2D eigenvalue weighted by Gasteiger charge is -2.22. The Balaban J connectivity index is 0.00000253. The molecule has 1 heterocycles. The summed E-state index contributed by atoms with van der Waals surface area (Å²) in [5.41, 5.74) is 6.40. The molecule has 0 radical (unpaired) electrons. The molecule has 176 valence electrons. The lowest BCUT2D eigenvalue weighted by atomic mass is 9.83. The van der Waals surface area contributed by atoms with Gasteiger partial charge in [0.05, 0.1) is 5.41 Å². The third-order valence-corrected chi connectivity index (χ3v) is 7.90. The van der Waals surface area contributed by atoms with Crippen molar-refractivity contribution in [2.24, 2.45) is 0 Å². The van der Waals surface area contributed by atoms with Gasteiger partial charge in [-0.2, -0.15) is 0 Å². The molecular formula is C30H33NO3. The Hall–Kier alpha value is -3.27. The zero-order valence-corrected chi connectivity index (χ0v) is 19.7. The third-order valence-electron chi connectivity index (χ3n) is 7.90. The first-order valence-electron chi connectivity index (χ1n) is 12.5. The van der Waals surface area contributed by atoms with Crippen LogP contribution in [0, 0.1) is 6.92 Å². The van der Waals surface area contributed by atoms with E-state index in [4.69, 9.17) is 9.47 Å². The highest BCUT2D eigenvalue weighted by Crippen LogP contribution is 2.51. The van der Waals surface area contributed by atoms with Crippen LogP contribution in [-0.2, 0) is 10.2 Å². The molecule has 0 saturated heterocycles. The summed E-state index contributed by atoms with van der Waals surface area (Å²) in [5, 5.41) is 3.20. The second-order valence-electron chi connectivity index (χ2n) is 10.1. The van der Waals surface area contributed by atoms with Crippen LogP contribution in [-0.4, -0.2) is 12.7 Å². The Bertz CT molecular complexity index is 1230. The van der Waals surface area contributed by atoms with Gasteiger partial charge in [0.2, 0.25) is 12.7 Å². The lowest BCUT2D eigenvalue weighted by Crippen LogP contribution is -2.27. The Morgan fingerprint density at radius 2 is 1.68 bits per heavy atom. The van der Waals surface area contributed by atoms with Gasteiger partial charge < -0.3 is 14.8 Å². The molecule has 0 aromatic heterocycles. The summed E-state index contributed by atoms with van der Waals surface area (Å²) in [6.07, 6.45) is 8.39. The van der Waals surface area contributed by atoms with E-state index in [-0.39, 0.29) is 14.1 Å². The smallest absolute Gasteiger partial charge is 0.235 e. The highest BCUT2D eigenvalue weighted by atomic mass is 16.7. The molecule has 0 bridgehead atoms. The second kappa shape index (κ2) is 8.50. The van der Waals surface area contributed by atoms with E-state index in [0.29, 0.717) is 5.92 Å². The number of rotatable bonds is 5. The number of hydrogen-bond donors (Lipinski definition) is 1. The zero-order chi connectivity index (χ0) is 23.1. The van der Waals surface area contributed by atoms with E-state index < -0.39 is 5.41 Å². The number of benzene rings is 3. The standard InChI is InChI=1S/C30H31NO3.H2/c1-20-7-13-25(18-26(20)23-10-8-22(9-11-23)21-5-3-2-4-6-21)31-29(32)30(15-16-30)24-12-14-27-28(17-24)34-19-33-27;/h7-14,17-18,21H,2-6,15-16,19H2,1H3,(H,31,32);1H. The van der Waals surface area contributed by atoms with Crippen LogP contribution in [0.3, 0.4) is 0 Å². The summed E-state index contributed by atoms with van der Waals surface area (Å²) >= 11 is 0. The van der Waals surface area contributed by atoms with Gasteiger partial charge in [-0.1, -0.05) is 55.7 Å². The maximum atomic E-state index is 13.4. The molecule has 2 saturated carbocycles. The molecule has 6 rings (SSSR count). The summed E-state index contributed by atoms with van der Waals surface area (Å²) < 4.78 is 11.0. The van der Waals surface area contributed by atoms with Crippen molar-refractivity contribution in [2.45, 2.75) is 63.2 Å². The zero-order valence-electron chi connectivity index (χ0n) is 19.7. The van der Waals surface area contributed by atoms with E-state index in [1.165, 1.54) is 54.4 Å². The van der Waals surface area contributed by atoms with Gasteiger partial charge in [0.15, 0.2) is 11.5 Å². The van der Waals surface area contributed by atoms with Crippen LogP contribution >= 0.6 is 0 Å². The molecule has 2 fully saturated rings. The van der Waals surface area contributed by atoms with Crippen LogP contribution in [0.25, 0.3) is 11.1 Å². The molecular weight excluding hydrogens is 422 g/mol. The molecule has 34 heavy (non-hydrogen) atoms. The maximum Gasteiger partial charge on any atom is 0.235 e. The van der Waals surface area contributed by atoms with E-state index in [1.54, 1.807) is 0 Å². The van der Waals surface area contributed by atoms with Gasteiger partial charge in [0.1, 0.15) is 0 Å². The quantitative estimate of drug-likeness (QED) is 0.437. The van der Waals surface area contributed by atoms with Crippen LogP contribution < -0.4 is 14.8 Å². The molecule has 1 aliphatic heterocycles. The van der Waals surface area contributed by atoms with E-state index in [9.17, 15) is 4.79 Å². The van der Waals surface area contributed by atoms with E-state index in [2.05, 4.69) is 48.6 Å². The summed E-state index contributed by atoms with van der Waals surface area (Å²) in [6.45, 7) is 2.37. The summed E-state index contributed by atoms with van der Waals surface area (Å²) in [7, 11) is 0. The number of nitrogens with one attached hydrogen (secondary N) is 1. The van der Waals surface area contributed by atoms with Crippen LogP contribution in [0.5, 0.6) is 11.5 Å². The minimum atomic E-state index is -0.478. The van der Waals surface area contributed by atoms with Crippen molar-refractivity contribution in [1.82, 2.24) is 0 Å². The first-order chi connectivity index (χ1) is 16.6. The predicted molar refractivity (Wildman–Crippen MR) is 137 cm³/mol. The first-order valence-corrected chi connectivity index (χ1v) is 12.5. The number of hydrogen-bond acceptors (Lipinski definition) is 3. The SMILES string of the molecule is Cc1ccc(NC(=O)C2(c3ccc4c(c3)OCO4)CC2)cc1-c1ccc(C2CCCCC2)cc1.[HH]. The number of carbonyl (C=O) groups excluding carboxylic acids is 1. The average molecular weight is 456 g/mol. The van der Waals surface area contributed by atoms with Crippen molar-refractivity contribution in [3.8, 4) is 22.6 Å². The van der Waals surface area contributed by atoms with Crippen molar-refractivity contribution in [3.05, 3.63) is 77.4 Å². The Labute approximate surface area is 202 Å². The third kappa shape index (κ3) is 3.85. The van der Waals surface area contributed by atoms with Crippen LogP contribution in [0.4, 0.5) is 5.69 Å². The Morgan fingerprint density at radius 3 is 2.44 bits per heavy atom. The fourth-order valence-electron chi connectivity index (χ4n) is 5.60. The largest absolute Gasteiger partial charge is 0.454 e. The molecule has 3 aliphatic rings.